The molecule has 5 rings (SSSR count). The van der Waals surface area contributed by atoms with Gasteiger partial charge in [-0.05, 0) is 66.3 Å². The van der Waals surface area contributed by atoms with Crippen molar-refractivity contribution in [3.8, 4) is 11.3 Å². The number of aromatic nitrogens is 3. The molecule has 2 aromatic carbocycles. The molecule has 0 saturated carbocycles. The van der Waals surface area contributed by atoms with E-state index < -0.39 is 0 Å². The molecule has 0 aliphatic carbocycles. The fourth-order valence-corrected chi connectivity index (χ4v) is 4.84. The molecule has 1 aliphatic rings. The van der Waals surface area contributed by atoms with Crippen molar-refractivity contribution in [3.05, 3.63) is 68.8 Å². The first-order chi connectivity index (χ1) is 15.1. The van der Waals surface area contributed by atoms with Crippen molar-refractivity contribution in [3.63, 3.8) is 0 Å². The Labute approximate surface area is 192 Å². The second-order valence-electron chi connectivity index (χ2n) is 7.28. The summed E-state index contributed by atoms with van der Waals surface area (Å²) in [4.78, 5) is 17.6. The highest BCUT2D eigenvalue weighted by atomic mass is 35.5. The van der Waals surface area contributed by atoms with Crippen molar-refractivity contribution < 1.29 is 4.79 Å². The second kappa shape index (κ2) is 8.42. The van der Waals surface area contributed by atoms with Crippen molar-refractivity contribution in [1.29, 1.82) is 0 Å². The van der Waals surface area contributed by atoms with Crippen LogP contribution in [0.25, 0.3) is 22.3 Å². The van der Waals surface area contributed by atoms with Crippen LogP contribution in [0.4, 0.5) is 0 Å². The number of nitrogens with zero attached hydrogens (tertiary/aromatic N) is 4. The van der Waals surface area contributed by atoms with Gasteiger partial charge in [0.25, 0.3) is 5.91 Å². The van der Waals surface area contributed by atoms with Crippen LogP contribution in [0.5, 0.6) is 0 Å². The van der Waals surface area contributed by atoms with E-state index in [0.29, 0.717) is 20.6 Å². The zero-order chi connectivity index (χ0) is 21.4. The Morgan fingerprint density at radius 2 is 2.06 bits per heavy atom. The molecule has 0 fully saturated rings. The summed E-state index contributed by atoms with van der Waals surface area (Å²) in [6.45, 7) is 1.02. The van der Waals surface area contributed by atoms with Crippen LogP contribution in [0.15, 0.2) is 47.6 Å². The first-order valence-electron chi connectivity index (χ1n) is 9.83. The number of benzene rings is 2. The van der Waals surface area contributed by atoms with Crippen molar-refractivity contribution in [2.75, 3.05) is 0 Å². The molecule has 0 radical (unpaired) electrons. The van der Waals surface area contributed by atoms with E-state index in [-0.39, 0.29) is 5.91 Å². The van der Waals surface area contributed by atoms with Gasteiger partial charge in [-0.15, -0.1) is 0 Å². The molecule has 1 amide bonds. The number of nitrogens with one attached hydrogen (secondary N) is 1. The number of halogens is 2. The van der Waals surface area contributed by atoms with E-state index in [4.69, 9.17) is 28.2 Å². The van der Waals surface area contributed by atoms with Crippen molar-refractivity contribution in [1.82, 2.24) is 19.4 Å². The number of rotatable bonds is 4. The molecule has 156 valence electrons. The highest BCUT2D eigenvalue weighted by Crippen LogP contribution is 2.31. The third-order valence-electron chi connectivity index (χ3n) is 5.20. The first-order valence-corrected chi connectivity index (χ1v) is 11.4. The molecule has 2 aromatic heterocycles. The fraction of sp³-hybridized carbons (Fsp3) is 0.182. The lowest BCUT2D eigenvalue weighted by molar-refractivity contribution is 0.0959. The molecule has 31 heavy (non-hydrogen) atoms. The Morgan fingerprint density at radius 3 is 2.94 bits per heavy atom. The lowest BCUT2D eigenvalue weighted by atomic mass is 10.1. The van der Waals surface area contributed by atoms with E-state index in [1.54, 1.807) is 30.5 Å². The lowest BCUT2D eigenvalue weighted by Gasteiger charge is -2.13. The predicted molar refractivity (Wildman–Crippen MR) is 125 cm³/mol. The minimum Gasteiger partial charge on any atom is -0.328 e. The van der Waals surface area contributed by atoms with E-state index in [9.17, 15) is 4.79 Å². The number of carbonyl (C=O) groups excluding carboxylic acids is 1. The molecule has 4 aromatic rings. The second-order valence-corrected chi connectivity index (χ2v) is 8.93. The highest BCUT2D eigenvalue weighted by Gasteiger charge is 2.15. The normalized spacial score (nSPS) is 13.6. The zero-order valence-corrected chi connectivity index (χ0v) is 18.6. The van der Waals surface area contributed by atoms with Crippen molar-refractivity contribution >= 4 is 57.9 Å². The molecule has 0 spiro atoms. The summed E-state index contributed by atoms with van der Waals surface area (Å²) < 4.78 is 6.61. The van der Waals surface area contributed by atoms with Gasteiger partial charge in [-0.2, -0.15) is 9.47 Å². The van der Waals surface area contributed by atoms with E-state index in [1.807, 2.05) is 12.1 Å². The monoisotopic (exact) mass is 469 g/mol. The Hall–Kier alpha value is -2.74. The van der Waals surface area contributed by atoms with Gasteiger partial charge in [0.1, 0.15) is 10.7 Å². The summed E-state index contributed by atoms with van der Waals surface area (Å²) in [7, 11) is 0. The van der Waals surface area contributed by atoms with Gasteiger partial charge in [-0.3, -0.25) is 4.79 Å². The molecule has 0 bridgehead atoms. The van der Waals surface area contributed by atoms with Gasteiger partial charge in [-0.25, -0.2) is 10.4 Å². The first kappa shape index (κ1) is 20.2. The van der Waals surface area contributed by atoms with E-state index in [0.717, 1.165) is 52.5 Å². The number of fused-ring (bicyclic) bond motifs is 3. The lowest BCUT2D eigenvalue weighted by Crippen LogP contribution is -2.16. The molecule has 9 heteroatoms. The van der Waals surface area contributed by atoms with Crippen LogP contribution in [0.3, 0.4) is 0 Å². The van der Waals surface area contributed by atoms with Gasteiger partial charge in [-0.1, -0.05) is 29.3 Å². The number of hydrazone groups is 1. The van der Waals surface area contributed by atoms with Gasteiger partial charge in [0.05, 0.1) is 28.0 Å². The zero-order valence-electron chi connectivity index (χ0n) is 16.3. The maximum Gasteiger partial charge on any atom is 0.283 e. The third kappa shape index (κ3) is 4.08. The van der Waals surface area contributed by atoms with Gasteiger partial charge in [0.2, 0.25) is 0 Å². The largest absolute Gasteiger partial charge is 0.328 e. The maximum absolute atomic E-state index is 12.4. The average Bonchev–Trinajstić information content (AvgIpc) is 3.38. The van der Waals surface area contributed by atoms with Crippen LogP contribution in [0.1, 0.15) is 33.9 Å². The third-order valence-corrected chi connectivity index (χ3v) is 6.54. The van der Waals surface area contributed by atoms with Crippen LogP contribution in [0, 0.1) is 0 Å². The highest BCUT2D eigenvalue weighted by molar-refractivity contribution is 7.08. The molecule has 3 heterocycles. The summed E-state index contributed by atoms with van der Waals surface area (Å²) in [5, 5.41) is 5.13. The van der Waals surface area contributed by atoms with Crippen LogP contribution in [0.2, 0.25) is 10.0 Å². The van der Waals surface area contributed by atoms with Crippen LogP contribution in [-0.2, 0) is 13.0 Å². The molecule has 0 atom stereocenters. The average molecular weight is 470 g/mol. The predicted octanol–water partition coefficient (Wildman–Crippen LogP) is 5.57. The summed E-state index contributed by atoms with van der Waals surface area (Å²) in [6, 6.07) is 12.9. The number of aryl methyl sites for hydroxylation is 2. The van der Waals surface area contributed by atoms with E-state index in [2.05, 4.69) is 25.5 Å². The minimum atomic E-state index is -0.330. The number of carbonyl (C=O) groups is 1. The summed E-state index contributed by atoms with van der Waals surface area (Å²) in [5.41, 5.74) is 6.88. The molecule has 0 unspecified atom stereocenters. The molecule has 1 aliphatic heterocycles. The number of amides is 1. The van der Waals surface area contributed by atoms with Gasteiger partial charge in [0, 0.05) is 23.6 Å². The number of hydrogen-bond acceptors (Lipinski definition) is 5. The maximum atomic E-state index is 12.4. The minimum absolute atomic E-state index is 0.330. The smallest absolute Gasteiger partial charge is 0.283 e. The summed E-state index contributed by atoms with van der Waals surface area (Å²) >= 11 is 13.3. The fourth-order valence-electron chi connectivity index (χ4n) is 3.70. The molecule has 0 saturated heterocycles. The summed E-state index contributed by atoms with van der Waals surface area (Å²) in [5.74, 6) is 0.814. The molecule has 1 N–H and O–H groups in total. The number of hydrogen-bond donors (Lipinski definition) is 1. The Morgan fingerprint density at radius 1 is 1.16 bits per heavy atom. The quantitative estimate of drug-likeness (QED) is 0.313. The Balaban J connectivity index is 1.29. The summed E-state index contributed by atoms with van der Waals surface area (Å²) in [6.07, 6.45) is 5.02. The number of imidazole rings is 1. The van der Waals surface area contributed by atoms with Crippen LogP contribution >= 0.6 is 34.7 Å². The van der Waals surface area contributed by atoms with E-state index in [1.165, 1.54) is 12.8 Å². The molecular weight excluding hydrogens is 453 g/mol. The molecule has 6 nitrogen and oxygen atoms in total. The van der Waals surface area contributed by atoms with Crippen molar-refractivity contribution in [2.24, 2.45) is 5.10 Å². The van der Waals surface area contributed by atoms with Crippen LogP contribution < -0.4 is 5.43 Å². The Bertz CT molecular complexity index is 1330. The Kier molecular flexibility index (Phi) is 5.48. The standard InChI is InChI=1S/C22H17Cl2N5OS/c23-14-5-6-15(16(24)10-14)17-11-20(31-28-17)22(30)27-25-12-13-4-7-19-18(9-13)26-21-3-1-2-8-29(19)21/h4-7,9-12H,1-3,8H2,(H,27,30)/b25-12+. The van der Waals surface area contributed by atoms with Gasteiger partial charge >= 0.3 is 0 Å². The van der Waals surface area contributed by atoms with Gasteiger partial charge < -0.3 is 4.57 Å². The SMILES string of the molecule is O=C(N/N=C/c1ccc2c(c1)nc1n2CCCC1)c1cc(-c2ccc(Cl)cc2Cl)ns1. The van der Waals surface area contributed by atoms with Gasteiger partial charge in [0.15, 0.2) is 0 Å². The van der Waals surface area contributed by atoms with E-state index >= 15 is 0 Å². The topological polar surface area (TPSA) is 72.2 Å². The van der Waals surface area contributed by atoms with Crippen molar-refractivity contribution in [2.45, 2.75) is 25.8 Å². The van der Waals surface area contributed by atoms with Crippen LogP contribution in [-0.4, -0.2) is 26.0 Å². The molecular formula is C22H17Cl2N5OS.